The highest BCUT2D eigenvalue weighted by atomic mass is 16.5. The maximum absolute atomic E-state index is 13.5. The van der Waals surface area contributed by atoms with Crippen molar-refractivity contribution in [2.24, 2.45) is 0 Å². The molecule has 1 aliphatic rings. The minimum absolute atomic E-state index is 0.00425. The number of carbonyl (C=O) groups is 2. The van der Waals surface area contributed by atoms with Crippen LogP contribution in [-0.4, -0.2) is 24.9 Å². The predicted octanol–water partition coefficient (Wildman–Crippen LogP) is 5.75. The van der Waals surface area contributed by atoms with E-state index in [1.807, 2.05) is 66.4 Å². The Morgan fingerprint density at radius 3 is 2.36 bits per heavy atom. The summed E-state index contributed by atoms with van der Waals surface area (Å²) in [6, 6.07) is 20.8. The van der Waals surface area contributed by atoms with Gasteiger partial charge in [-0.05, 0) is 73.4 Å². The zero-order chi connectivity index (χ0) is 23.5. The van der Waals surface area contributed by atoms with Crippen molar-refractivity contribution in [3.63, 3.8) is 0 Å². The average molecular weight is 444 g/mol. The molecule has 0 N–H and O–H groups in total. The van der Waals surface area contributed by atoms with Crippen LogP contribution in [0.2, 0.25) is 0 Å². The summed E-state index contributed by atoms with van der Waals surface area (Å²) in [7, 11) is 1.62. The number of fused-ring (bicyclic) bond motifs is 1. The molecule has 5 heteroatoms. The minimum Gasteiger partial charge on any atom is -0.493 e. The molecule has 2 unspecified atom stereocenters. The molecule has 1 amide bonds. The van der Waals surface area contributed by atoms with Gasteiger partial charge in [0.15, 0.2) is 17.3 Å². The third-order valence-corrected chi connectivity index (χ3v) is 6.16. The molecule has 0 fully saturated rings. The van der Waals surface area contributed by atoms with Gasteiger partial charge in [-0.3, -0.25) is 9.59 Å². The molecule has 170 valence electrons. The number of Topliss-reactive ketones (excluding diaryl/α,β-unsaturated/α-hetero) is 1. The first-order valence-electron chi connectivity index (χ1n) is 11.3. The van der Waals surface area contributed by atoms with Crippen LogP contribution in [0.25, 0.3) is 0 Å². The molecule has 5 nitrogen and oxygen atoms in total. The van der Waals surface area contributed by atoms with Crippen LogP contribution in [-0.2, 0) is 11.2 Å². The van der Waals surface area contributed by atoms with Gasteiger partial charge in [-0.25, -0.2) is 0 Å². The number of hydrogen-bond donors (Lipinski definition) is 0. The fraction of sp³-hybridized carbons (Fsp3) is 0.286. The van der Waals surface area contributed by atoms with E-state index in [2.05, 4.69) is 6.92 Å². The quantitative estimate of drug-likeness (QED) is 0.436. The number of nitrogens with zero attached hydrogens (tertiary/aromatic N) is 1. The van der Waals surface area contributed by atoms with Gasteiger partial charge in [0.1, 0.15) is 0 Å². The van der Waals surface area contributed by atoms with Crippen molar-refractivity contribution in [1.82, 2.24) is 0 Å². The van der Waals surface area contributed by atoms with Gasteiger partial charge in [-0.1, -0.05) is 37.3 Å². The summed E-state index contributed by atoms with van der Waals surface area (Å²) in [6.07, 6.45) is 1.16. The molecule has 4 rings (SSSR count). The molecule has 0 saturated heterocycles. The molecule has 3 aromatic rings. The van der Waals surface area contributed by atoms with Crippen molar-refractivity contribution in [1.29, 1.82) is 0 Å². The second-order valence-electron chi connectivity index (χ2n) is 8.40. The molecule has 33 heavy (non-hydrogen) atoms. The van der Waals surface area contributed by atoms with Crippen LogP contribution in [0.4, 0.5) is 5.69 Å². The van der Waals surface area contributed by atoms with E-state index in [9.17, 15) is 9.59 Å². The van der Waals surface area contributed by atoms with Gasteiger partial charge >= 0.3 is 0 Å². The maximum atomic E-state index is 13.5. The zero-order valence-corrected chi connectivity index (χ0v) is 19.5. The van der Waals surface area contributed by atoms with Crippen LogP contribution in [0.15, 0.2) is 66.7 Å². The monoisotopic (exact) mass is 443 g/mol. The first-order chi connectivity index (χ1) is 15.9. The van der Waals surface area contributed by atoms with Crippen molar-refractivity contribution in [2.75, 3.05) is 12.0 Å². The number of carbonyl (C=O) groups excluding carboxylic acids is 2. The van der Waals surface area contributed by atoms with Crippen LogP contribution < -0.4 is 14.4 Å². The second kappa shape index (κ2) is 9.49. The molecule has 1 aliphatic heterocycles. The normalized spacial score (nSPS) is 16.2. The number of ether oxygens (including phenoxy) is 2. The van der Waals surface area contributed by atoms with Gasteiger partial charge in [-0.2, -0.15) is 0 Å². The van der Waals surface area contributed by atoms with Crippen molar-refractivity contribution in [3.05, 3.63) is 89.0 Å². The molecule has 3 aromatic carbocycles. The third-order valence-electron chi connectivity index (χ3n) is 6.16. The van der Waals surface area contributed by atoms with E-state index in [1.165, 1.54) is 6.92 Å². The van der Waals surface area contributed by atoms with Gasteiger partial charge in [0.2, 0.25) is 5.91 Å². The summed E-state index contributed by atoms with van der Waals surface area (Å²) < 4.78 is 11.8. The molecule has 0 bridgehead atoms. The Hall–Kier alpha value is -3.60. The number of methoxy groups -OCH3 is 1. The maximum Gasteiger partial charge on any atom is 0.232 e. The third kappa shape index (κ3) is 4.49. The highest BCUT2D eigenvalue weighted by molar-refractivity contribution is 5.99. The Morgan fingerprint density at radius 1 is 1.06 bits per heavy atom. The van der Waals surface area contributed by atoms with Gasteiger partial charge in [-0.15, -0.1) is 0 Å². The molecule has 0 saturated carbocycles. The molecular formula is C28H29NO4. The molecule has 2 atom stereocenters. The summed E-state index contributed by atoms with van der Waals surface area (Å²) in [5.41, 5.74) is 4.31. The van der Waals surface area contributed by atoms with Crippen LogP contribution in [0.1, 0.15) is 60.3 Å². The number of rotatable bonds is 7. The number of benzene rings is 3. The van der Waals surface area contributed by atoms with Crippen molar-refractivity contribution in [2.45, 2.75) is 45.8 Å². The largest absolute Gasteiger partial charge is 0.493 e. The Kier molecular flexibility index (Phi) is 6.50. The number of ketones is 1. The highest BCUT2D eigenvalue weighted by Crippen LogP contribution is 2.43. The van der Waals surface area contributed by atoms with E-state index in [0.717, 1.165) is 28.8 Å². The average Bonchev–Trinajstić information content (AvgIpc) is 2.83. The Balaban J connectivity index is 1.88. The fourth-order valence-electron chi connectivity index (χ4n) is 4.22. The lowest BCUT2D eigenvalue weighted by atomic mass is 9.86. The first-order valence-corrected chi connectivity index (χ1v) is 11.3. The van der Waals surface area contributed by atoms with Crippen molar-refractivity contribution < 1.29 is 19.1 Å². The van der Waals surface area contributed by atoms with Crippen LogP contribution in [0.3, 0.4) is 0 Å². The molecule has 0 aromatic heterocycles. The summed E-state index contributed by atoms with van der Waals surface area (Å²) in [6.45, 7) is 5.64. The SMILES string of the molecule is CCC(C)Oc1cc2c(cc1OC)CC(=O)N(c1ccc(C(C)=O)cc1)C2c1ccccc1. The predicted molar refractivity (Wildman–Crippen MR) is 129 cm³/mol. The van der Waals surface area contributed by atoms with E-state index in [4.69, 9.17) is 9.47 Å². The lowest BCUT2D eigenvalue weighted by molar-refractivity contribution is -0.118. The fourth-order valence-corrected chi connectivity index (χ4v) is 4.22. The standard InChI is InChI=1S/C28H29NO4/c1-5-18(2)33-26-17-24-22(15-25(26)32-4)16-27(31)29(28(24)21-9-7-6-8-10-21)23-13-11-20(12-14-23)19(3)30/h6-15,17-18,28H,5,16H2,1-4H3. The van der Waals surface area contributed by atoms with Crippen LogP contribution in [0.5, 0.6) is 11.5 Å². The lowest BCUT2D eigenvalue weighted by Crippen LogP contribution is -2.41. The number of anilines is 1. The Morgan fingerprint density at radius 2 is 1.76 bits per heavy atom. The molecular weight excluding hydrogens is 414 g/mol. The summed E-state index contributed by atoms with van der Waals surface area (Å²) in [5, 5.41) is 0. The molecule has 0 aliphatic carbocycles. The smallest absolute Gasteiger partial charge is 0.232 e. The highest BCUT2D eigenvalue weighted by Gasteiger charge is 2.36. The van der Waals surface area contributed by atoms with Gasteiger partial charge in [0, 0.05) is 11.3 Å². The Bertz CT molecular complexity index is 1150. The van der Waals surface area contributed by atoms with E-state index < -0.39 is 0 Å². The van der Waals surface area contributed by atoms with E-state index in [0.29, 0.717) is 17.1 Å². The zero-order valence-electron chi connectivity index (χ0n) is 19.5. The topological polar surface area (TPSA) is 55.8 Å². The van der Waals surface area contributed by atoms with Gasteiger partial charge in [0.25, 0.3) is 0 Å². The van der Waals surface area contributed by atoms with Gasteiger partial charge in [0.05, 0.1) is 25.7 Å². The summed E-state index contributed by atoms with van der Waals surface area (Å²) in [5.74, 6) is 1.29. The molecule has 1 heterocycles. The van der Waals surface area contributed by atoms with Crippen LogP contribution >= 0.6 is 0 Å². The van der Waals surface area contributed by atoms with Crippen molar-refractivity contribution in [3.8, 4) is 11.5 Å². The van der Waals surface area contributed by atoms with E-state index in [-0.39, 0.29) is 30.3 Å². The summed E-state index contributed by atoms with van der Waals surface area (Å²) >= 11 is 0. The number of amides is 1. The van der Waals surface area contributed by atoms with Crippen LogP contribution in [0, 0.1) is 0 Å². The van der Waals surface area contributed by atoms with Crippen molar-refractivity contribution >= 4 is 17.4 Å². The minimum atomic E-state index is -0.323. The summed E-state index contributed by atoms with van der Waals surface area (Å²) in [4.78, 5) is 27.0. The van der Waals surface area contributed by atoms with E-state index in [1.54, 1.807) is 19.2 Å². The first kappa shape index (κ1) is 22.6. The number of hydrogen-bond acceptors (Lipinski definition) is 4. The Labute approximate surface area is 194 Å². The molecule has 0 radical (unpaired) electrons. The second-order valence-corrected chi connectivity index (χ2v) is 8.40. The van der Waals surface area contributed by atoms with E-state index >= 15 is 0 Å². The lowest BCUT2D eigenvalue weighted by Gasteiger charge is -2.38. The molecule has 0 spiro atoms. The van der Waals surface area contributed by atoms with Gasteiger partial charge < -0.3 is 14.4 Å².